The zero-order valence-electron chi connectivity index (χ0n) is 24.3. The average molecular weight is 657 g/mol. The van der Waals surface area contributed by atoms with Crippen LogP contribution in [0.5, 0.6) is 23.0 Å². The molecular formula is C33H42BBrO8. The molecule has 4 aromatic rings. The van der Waals surface area contributed by atoms with Crippen molar-refractivity contribution in [2.75, 3.05) is 41.7 Å². The summed E-state index contributed by atoms with van der Waals surface area (Å²) in [6.07, 6.45) is 1.43. The number of rotatable bonds is 10. The third-order valence-corrected chi connectivity index (χ3v) is 6.55. The Morgan fingerprint density at radius 1 is 0.558 bits per heavy atom. The zero-order chi connectivity index (χ0) is 30.9. The molecule has 43 heavy (non-hydrogen) atoms. The van der Waals surface area contributed by atoms with Gasteiger partial charge in [-0.25, -0.2) is 0 Å². The van der Waals surface area contributed by atoms with Gasteiger partial charge in [0.25, 0.3) is 0 Å². The highest BCUT2D eigenvalue weighted by molar-refractivity contribution is 9.10. The molecule has 0 aliphatic carbocycles. The summed E-state index contributed by atoms with van der Waals surface area (Å²) in [4.78, 5) is 0. The van der Waals surface area contributed by atoms with Crippen LogP contribution >= 0.6 is 15.9 Å². The minimum atomic E-state index is -1.51. The molecule has 232 valence electrons. The maximum Gasteiger partial charge on any atom is 0.488 e. The van der Waals surface area contributed by atoms with Crippen LogP contribution in [-0.2, 0) is 12.8 Å². The summed E-state index contributed by atoms with van der Waals surface area (Å²) < 4.78 is 21.5. The molecule has 0 unspecified atom stereocenters. The quantitative estimate of drug-likeness (QED) is 0.178. The Bertz CT molecular complexity index is 1290. The fraction of sp³-hybridized carbons (Fsp3) is 0.273. The van der Waals surface area contributed by atoms with Crippen molar-refractivity contribution in [2.45, 2.75) is 20.3 Å². The molecule has 0 bridgehead atoms. The molecule has 0 aliphatic heterocycles. The minimum absolute atomic E-state index is 0. The van der Waals surface area contributed by atoms with Crippen molar-refractivity contribution in [3.63, 3.8) is 0 Å². The molecule has 0 radical (unpaired) electrons. The lowest BCUT2D eigenvalue weighted by molar-refractivity contribution is 0.299. The predicted octanol–water partition coefficient (Wildman–Crippen LogP) is 4.91. The highest BCUT2D eigenvalue weighted by Crippen LogP contribution is 2.30. The SMILES string of the molecule is C.COc1cc(OC)cc(-c2ccc(CCO)cc2)c1.COc1cc(OC)cc(B(O)O)c1.OCCc1ccc(Br)cc1. The highest BCUT2D eigenvalue weighted by atomic mass is 79.9. The van der Waals surface area contributed by atoms with E-state index >= 15 is 0 Å². The third kappa shape index (κ3) is 13.1. The first kappa shape index (κ1) is 37.5. The second-order valence-electron chi connectivity index (χ2n) is 8.89. The standard InChI is InChI=1S/C16H18O3.C8H11BO4.C8H9BrO.CH4/c1-18-15-9-14(10-16(11-15)19-2)13-5-3-12(4-6-13)7-8-17;1-12-7-3-6(9(10)11)4-8(5-7)13-2;9-8-3-1-7(2-4-8)5-6-10;/h3-6,9-11,17H,7-8H2,1-2H3;3-5,10-11H,1-2H3;1-4,10H,5-6H2;1H4. The van der Waals surface area contributed by atoms with Crippen molar-refractivity contribution in [3.8, 4) is 34.1 Å². The first-order valence-electron chi connectivity index (χ1n) is 13.1. The lowest BCUT2D eigenvalue weighted by atomic mass is 9.80. The van der Waals surface area contributed by atoms with E-state index in [2.05, 4.69) is 15.9 Å². The van der Waals surface area contributed by atoms with E-state index in [4.69, 9.17) is 39.2 Å². The monoisotopic (exact) mass is 656 g/mol. The van der Waals surface area contributed by atoms with Crippen LogP contribution in [0.25, 0.3) is 11.1 Å². The maximum absolute atomic E-state index is 8.91. The topological polar surface area (TPSA) is 118 Å². The summed E-state index contributed by atoms with van der Waals surface area (Å²) in [5.41, 5.74) is 4.79. The van der Waals surface area contributed by atoms with Crippen molar-refractivity contribution in [3.05, 3.63) is 101 Å². The summed E-state index contributed by atoms with van der Waals surface area (Å²) in [7, 11) is 4.78. The molecule has 0 aliphatic rings. The predicted molar refractivity (Wildman–Crippen MR) is 177 cm³/mol. The van der Waals surface area contributed by atoms with Gasteiger partial charge >= 0.3 is 7.12 Å². The number of hydrogen-bond donors (Lipinski definition) is 4. The molecule has 0 saturated carbocycles. The summed E-state index contributed by atoms with van der Waals surface area (Å²) in [5, 5.41) is 35.3. The van der Waals surface area contributed by atoms with E-state index in [0.717, 1.165) is 39.1 Å². The molecule has 0 heterocycles. The zero-order valence-corrected chi connectivity index (χ0v) is 25.9. The number of ether oxygens (including phenoxy) is 4. The van der Waals surface area contributed by atoms with E-state index in [0.29, 0.717) is 23.4 Å². The summed E-state index contributed by atoms with van der Waals surface area (Å²) >= 11 is 3.33. The molecule has 0 saturated heterocycles. The molecule has 0 aromatic heterocycles. The molecule has 0 fully saturated rings. The van der Waals surface area contributed by atoms with E-state index in [1.807, 2.05) is 66.7 Å². The number of halogens is 1. The van der Waals surface area contributed by atoms with Gasteiger partial charge in [0.05, 0.1) is 28.4 Å². The summed E-state index contributed by atoms with van der Waals surface area (Å²) in [5.74, 6) is 2.60. The highest BCUT2D eigenvalue weighted by Gasteiger charge is 2.13. The van der Waals surface area contributed by atoms with Crippen LogP contribution < -0.4 is 24.4 Å². The molecule has 8 nitrogen and oxygen atoms in total. The van der Waals surface area contributed by atoms with E-state index in [1.54, 1.807) is 20.3 Å². The van der Waals surface area contributed by atoms with Crippen LogP contribution in [0, 0.1) is 0 Å². The maximum atomic E-state index is 8.91. The number of benzene rings is 4. The molecule has 0 amide bonds. The van der Waals surface area contributed by atoms with E-state index < -0.39 is 7.12 Å². The van der Waals surface area contributed by atoms with Gasteiger partial charge in [0.1, 0.15) is 23.0 Å². The van der Waals surface area contributed by atoms with Gasteiger partial charge in [0.15, 0.2) is 0 Å². The van der Waals surface area contributed by atoms with Crippen LogP contribution in [0.2, 0.25) is 0 Å². The molecule has 0 spiro atoms. The second kappa shape index (κ2) is 20.4. The molecule has 10 heteroatoms. The molecule has 4 aromatic carbocycles. The smallest absolute Gasteiger partial charge is 0.488 e. The fourth-order valence-corrected chi connectivity index (χ4v) is 3.99. The second-order valence-corrected chi connectivity index (χ2v) is 9.81. The van der Waals surface area contributed by atoms with Crippen molar-refractivity contribution in [1.82, 2.24) is 0 Å². The van der Waals surface area contributed by atoms with Crippen LogP contribution in [0.1, 0.15) is 18.6 Å². The normalized spacial score (nSPS) is 9.70. The van der Waals surface area contributed by atoms with Gasteiger partial charge in [-0.1, -0.05) is 59.8 Å². The number of hydrogen-bond acceptors (Lipinski definition) is 8. The van der Waals surface area contributed by atoms with Crippen molar-refractivity contribution in [2.24, 2.45) is 0 Å². The Labute approximate surface area is 263 Å². The van der Waals surface area contributed by atoms with Gasteiger partial charge in [-0.3, -0.25) is 0 Å². The van der Waals surface area contributed by atoms with Gasteiger partial charge in [-0.2, -0.15) is 0 Å². The first-order valence-corrected chi connectivity index (χ1v) is 13.9. The first-order chi connectivity index (χ1) is 20.3. The third-order valence-electron chi connectivity index (χ3n) is 6.02. The Balaban J connectivity index is 0.000000337. The van der Waals surface area contributed by atoms with Gasteiger partial charge in [0, 0.05) is 29.8 Å². The molecule has 4 N–H and O–H groups in total. The lowest BCUT2D eigenvalue weighted by Crippen LogP contribution is -2.29. The van der Waals surface area contributed by atoms with Crippen LogP contribution in [-0.4, -0.2) is 69.0 Å². The Morgan fingerprint density at radius 2 is 0.930 bits per heavy atom. The Hall–Kier alpha value is -3.54. The van der Waals surface area contributed by atoms with Crippen LogP contribution in [0.3, 0.4) is 0 Å². The van der Waals surface area contributed by atoms with Crippen LogP contribution in [0.15, 0.2) is 89.4 Å². The fourth-order valence-electron chi connectivity index (χ4n) is 3.73. The Morgan fingerprint density at radius 3 is 1.28 bits per heavy atom. The van der Waals surface area contributed by atoms with E-state index in [-0.39, 0.29) is 20.6 Å². The van der Waals surface area contributed by atoms with Gasteiger partial charge in [-0.15, -0.1) is 0 Å². The van der Waals surface area contributed by atoms with Crippen LogP contribution in [0.4, 0.5) is 0 Å². The van der Waals surface area contributed by atoms with Gasteiger partial charge in [0.2, 0.25) is 0 Å². The van der Waals surface area contributed by atoms with Crippen molar-refractivity contribution >= 4 is 28.5 Å². The Kier molecular flexibility index (Phi) is 17.8. The van der Waals surface area contributed by atoms with Gasteiger partial charge < -0.3 is 39.2 Å². The van der Waals surface area contributed by atoms with E-state index in [9.17, 15) is 0 Å². The molecule has 4 rings (SSSR count). The van der Waals surface area contributed by atoms with Gasteiger partial charge in [-0.05, 0) is 77.0 Å². The summed E-state index contributed by atoms with van der Waals surface area (Å²) in [6, 6.07) is 26.6. The minimum Gasteiger partial charge on any atom is -0.497 e. The van der Waals surface area contributed by atoms with Crippen molar-refractivity contribution < 1.29 is 39.2 Å². The number of methoxy groups -OCH3 is 4. The molecular weight excluding hydrogens is 615 g/mol. The summed E-state index contributed by atoms with van der Waals surface area (Å²) in [6.45, 7) is 0.397. The number of aliphatic hydroxyl groups is 2. The largest absolute Gasteiger partial charge is 0.497 e. The van der Waals surface area contributed by atoms with Crippen molar-refractivity contribution in [1.29, 1.82) is 0 Å². The lowest BCUT2D eigenvalue weighted by Gasteiger charge is -2.09. The number of aliphatic hydroxyl groups excluding tert-OH is 2. The molecule has 0 atom stereocenters. The average Bonchev–Trinajstić information content (AvgIpc) is 3.02. The van der Waals surface area contributed by atoms with E-state index in [1.165, 1.54) is 31.9 Å².